The molecule has 0 atom stereocenters. The Labute approximate surface area is 179 Å². The van der Waals surface area contributed by atoms with E-state index >= 15 is 0 Å². The lowest BCUT2D eigenvalue weighted by atomic mass is 10.1. The number of hydrogen-bond donors (Lipinski definition) is 1. The minimum Gasteiger partial charge on any atom is -0.475 e. The first-order chi connectivity index (χ1) is 14.6. The van der Waals surface area contributed by atoms with Gasteiger partial charge in [-0.25, -0.2) is 4.98 Å². The van der Waals surface area contributed by atoms with Gasteiger partial charge in [0.2, 0.25) is 5.88 Å². The molecule has 0 saturated carbocycles. The molecule has 162 valence electrons. The van der Waals surface area contributed by atoms with Gasteiger partial charge in [-0.1, -0.05) is 6.07 Å². The van der Waals surface area contributed by atoms with Crippen molar-refractivity contribution in [1.29, 1.82) is 0 Å². The molecule has 2 heterocycles. The minimum atomic E-state index is -0.113. The molecule has 30 heavy (non-hydrogen) atoms. The number of anilines is 1. The Morgan fingerprint density at radius 2 is 1.83 bits per heavy atom. The smallest absolute Gasteiger partial charge is 0.251 e. The Hall–Kier alpha value is -2.64. The summed E-state index contributed by atoms with van der Waals surface area (Å²) in [6.07, 6.45) is 1.67. The van der Waals surface area contributed by atoms with Crippen molar-refractivity contribution in [1.82, 2.24) is 15.2 Å². The van der Waals surface area contributed by atoms with Crippen molar-refractivity contribution in [2.75, 3.05) is 51.4 Å². The number of aromatic nitrogens is 1. The SMILES string of the molecule is COCCOc1ncccc1CNC(=O)c1ccc(N2CCN(C(C)C)CC2)cc1. The molecule has 0 aliphatic carbocycles. The Morgan fingerprint density at radius 3 is 2.50 bits per heavy atom. The second-order valence-corrected chi connectivity index (χ2v) is 7.66. The number of amides is 1. The van der Waals surface area contributed by atoms with E-state index in [1.165, 1.54) is 0 Å². The monoisotopic (exact) mass is 412 g/mol. The van der Waals surface area contributed by atoms with Crippen LogP contribution in [0.25, 0.3) is 0 Å². The fourth-order valence-corrected chi connectivity index (χ4v) is 3.51. The predicted octanol–water partition coefficient (Wildman–Crippen LogP) is 2.57. The van der Waals surface area contributed by atoms with Crippen LogP contribution in [-0.4, -0.2) is 68.3 Å². The highest BCUT2D eigenvalue weighted by molar-refractivity contribution is 5.94. The maximum Gasteiger partial charge on any atom is 0.251 e. The molecule has 1 N–H and O–H groups in total. The van der Waals surface area contributed by atoms with Crippen LogP contribution in [-0.2, 0) is 11.3 Å². The molecular formula is C23H32N4O3. The van der Waals surface area contributed by atoms with Gasteiger partial charge in [-0.15, -0.1) is 0 Å². The van der Waals surface area contributed by atoms with Crippen LogP contribution in [0.15, 0.2) is 42.6 Å². The van der Waals surface area contributed by atoms with E-state index in [0.717, 1.165) is 37.4 Å². The average Bonchev–Trinajstić information content (AvgIpc) is 2.78. The van der Waals surface area contributed by atoms with Gasteiger partial charge in [-0.2, -0.15) is 0 Å². The van der Waals surface area contributed by atoms with Crippen LogP contribution in [0.1, 0.15) is 29.8 Å². The van der Waals surface area contributed by atoms with Crippen LogP contribution in [0.2, 0.25) is 0 Å². The molecule has 0 radical (unpaired) electrons. The van der Waals surface area contributed by atoms with Crippen LogP contribution in [0.5, 0.6) is 5.88 Å². The molecule has 7 nitrogen and oxygen atoms in total. The summed E-state index contributed by atoms with van der Waals surface area (Å²) >= 11 is 0. The van der Waals surface area contributed by atoms with E-state index in [2.05, 4.69) is 33.9 Å². The fraction of sp³-hybridized carbons (Fsp3) is 0.478. The Morgan fingerprint density at radius 1 is 1.10 bits per heavy atom. The zero-order chi connectivity index (χ0) is 21.3. The lowest BCUT2D eigenvalue weighted by Gasteiger charge is -2.38. The van der Waals surface area contributed by atoms with Crippen molar-refractivity contribution in [3.05, 3.63) is 53.7 Å². The Kier molecular flexibility index (Phi) is 8.04. The number of nitrogens with zero attached hydrogens (tertiary/aromatic N) is 3. The molecule has 0 bridgehead atoms. The van der Waals surface area contributed by atoms with Gasteiger partial charge >= 0.3 is 0 Å². The molecule has 1 fully saturated rings. The summed E-state index contributed by atoms with van der Waals surface area (Å²) in [7, 11) is 1.62. The van der Waals surface area contributed by atoms with E-state index in [1.807, 2.05) is 36.4 Å². The molecule has 3 rings (SSSR count). The van der Waals surface area contributed by atoms with Gasteiger partial charge < -0.3 is 19.7 Å². The van der Waals surface area contributed by atoms with E-state index in [4.69, 9.17) is 9.47 Å². The van der Waals surface area contributed by atoms with Crippen LogP contribution in [0, 0.1) is 0 Å². The van der Waals surface area contributed by atoms with Crippen LogP contribution < -0.4 is 15.0 Å². The van der Waals surface area contributed by atoms with Crippen molar-refractivity contribution < 1.29 is 14.3 Å². The number of benzene rings is 1. The maximum absolute atomic E-state index is 12.6. The second kappa shape index (κ2) is 10.9. The number of ether oxygens (including phenoxy) is 2. The Balaban J connectivity index is 1.53. The molecule has 1 saturated heterocycles. The molecular weight excluding hydrogens is 380 g/mol. The summed E-state index contributed by atoms with van der Waals surface area (Å²) in [6, 6.07) is 12.2. The highest BCUT2D eigenvalue weighted by atomic mass is 16.5. The zero-order valence-electron chi connectivity index (χ0n) is 18.1. The average molecular weight is 413 g/mol. The fourth-order valence-electron chi connectivity index (χ4n) is 3.51. The molecule has 7 heteroatoms. The van der Waals surface area contributed by atoms with E-state index in [-0.39, 0.29) is 5.91 Å². The predicted molar refractivity (Wildman–Crippen MR) is 118 cm³/mol. The van der Waals surface area contributed by atoms with Crippen molar-refractivity contribution in [2.45, 2.75) is 26.4 Å². The number of carbonyl (C=O) groups excluding carboxylic acids is 1. The summed E-state index contributed by atoms with van der Waals surface area (Å²) in [5.74, 6) is 0.406. The van der Waals surface area contributed by atoms with Gasteiger partial charge in [0.1, 0.15) is 6.61 Å². The summed E-state index contributed by atoms with van der Waals surface area (Å²) in [5.41, 5.74) is 2.64. The first kappa shape index (κ1) is 22.1. The second-order valence-electron chi connectivity index (χ2n) is 7.66. The summed E-state index contributed by atoms with van der Waals surface area (Å²) in [4.78, 5) is 21.7. The van der Waals surface area contributed by atoms with Gasteiger partial charge in [-0.3, -0.25) is 9.69 Å². The molecule has 2 aromatic rings. The maximum atomic E-state index is 12.6. The van der Waals surface area contributed by atoms with Gasteiger partial charge in [-0.05, 0) is 44.2 Å². The highest BCUT2D eigenvalue weighted by Gasteiger charge is 2.19. The van der Waals surface area contributed by atoms with E-state index in [9.17, 15) is 4.79 Å². The van der Waals surface area contributed by atoms with E-state index < -0.39 is 0 Å². The molecule has 0 spiro atoms. The quantitative estimate of drug-likeness (QED) is 0.639. The number of piperazine rings is 1. The summed E-state index contributed by atoms with van der Waals surface area (Å²) in [6.45, 7) is 9.90. The largest absolute Gasteiger partial charge is 0.475 e. The zero-order valence-corrected chi connectivity index (χ0v) is 18.1. The summed E-state index contributed by atoms with van der Waals surface area (Å²) in [5, 5.41) is 2.95. The van der Waals surface area contributed by atoms with Gasteiger partial charge in [0, 0.05) is 68.9 Å². The summed E-state index contributed by atoms with van der Waals surface area (Å²) < 4.78 is 10.6. The standard InChI is InChI=1S/C23H32N4O3/c1-18(2)26-11-13-27(14-12-26)21-8-6-19(7-9-21)22(28)25-17-20-5-4-10-24-23(20)30-16-15-29-3/h4-10,18H,11-17H2,1-3H3,(H,25,28). The number of carbonyl (C=O) groups is 1. The van der Waals surface area contributed by atoms with Crippen LogP contribution in [0.4, 0.5) is 5.69 Å². The van der Waals surface area contributed by atoms with Crippen molar-refractivity contribution in [3.63, 3.8) is 0 Å². The highest BCUT2D eigenvalue weighted by Crippen LogP contribution is 2.19. The third-order valence-electron chi connectivity index (χ3n) is 5.35. The molecule has 0 unspecified atom stereocenters. The van der Waals surface area contributed by atoms with Crippen molar-refractivity contribution >= 4 is 11.6 Å². The third kappa shape index (κ3) is 5.93. The van der Waals surface area contributed by atoms with Gasteiger partial charge in [0.05, 0.1) is 6.61 Å². The molecule has 1 amide bonds. The van der Waals surface area contributed by atoms with Crippen LogP contribution in [0.3, 0.4) is 0 Å². The number of rotatable bonds is 9. The molecule has 1 aliphatic heterocycles. The number of methoxy groups -OCH3 is 1. The third-order valence-corrected chi connectivity index (χ3v) is 5.35. The molecule has 1 aliphatic rings. The lowest BCUT2D eigenvalue weighted by Crippen LogP contribution is -2.48. The topological polar surface area (TPSA) is 66.9 Å². The molecule has 1 aromatic heterocycles. The first-order valence-corrected chi connectivity index (χ1v) is 10.5. The van der Waals surface area contributed by atoms with E-state index in [1.54, 1.807) is 13.3 Å². The minimum absolute atomic E-state index is 0.113. The number of hydrogen-bond acceptors (Lipinski definition) is 6. The van der Waals surface area contributed by atoms with Crippen molar-refractivity contribution in [3.8, 4) is 5.88 Å². The van der Waals surface area contributed by atoms with Crippen molar-refractivity contribution in [2.24, 2.45) is 0 Å². The van der Waals surface area contributed by atoms with E-state index in [0.29, 0.717) is 37.2 Å². The van der Waals surface area contributed by atoms with Gasteiger partial charge in [0.25, 0.3) is 5.91 Å². The van der Waals surface area contributed by atoms with Gasteiger partial charge in [0.15, 0.2) is 0 Å². The number of pyridine rings is 1. The number of nitrogens with one attached hydrogen (secondary N) is 1. The molecule has 1 aromatic carbocycles. The first-order valence-electron chi connectivity index (χ1n) is 10.5. The lowest BCUT2D eigenvalue weighted by molar-refractivity contribution is 0.0950. The normalized spacial score (nSPS) is 14.7. The Bertz CT molecular complexity index is 802. The van der Waals surface area contributed by atoms with Crippen LogP contribution >= 0.6 is 0 Å².